The molecule has 1 N–H and O–H groups in total. The van der Waals surface area contributed by atoms with Gasteiger partial charge in [0, 0.05) is 18.3 Å². The van der Waals surface area contributed by atoms with E-state index in [1.807, 2.05) is 36.4 Å². The number of halogens is 1. The molecule has 20 heavy (non-hydrogen) atoms. The second-order valence-corrected chi connectivity index (χ2v) is 4.52. The minimum Gasteiger partial charge on any atom is -0.347 e. The van der Waals surface area contributed by atoms with Gasteiger partial charge in [-0.2, -0.15) is 4.98 Å². The molecule has 2 aromatic heterocycles. The molecule has 0 amide bonds. The average molecular weight is 287 g/mol. The average Bonchev–Trinajstić information content (AvgIpc) is 2.97. The van der Waals surface area contributed by atoms with E-state index in [-0.39, 0.29) is 0 Å². The van der Waals surface area contributed by atoms with E-state index >= 15 is 0 Å². The van der Waals surface area contributed by atoms with Gasteiger partial charge in [0.05, 0.1) is 0 Å². The van der Waals surface area contributed by atoms with Crippen LogP contribution < -0.4 is 5.32 Å². The first kappa shape index (κ1) is 12.6. The molecule has 0 aliphatic carbocycles. The van der Waals surface area contributed by atoms with Crippen LogP contribution in [-0.4, -0.2) is 15.1 Å². The number of aromatic nitrogens is 3. The first-order valence-electron chi connectivity index (χ1n) is 6.05. The van der Waals surface area contributed by atoms with E-state index in [0.717, 1.165) is 11.1 Å². The van der Waals surface area contributed by atoms with Gasteiger partial charge in [-0.15, -0.1) is 0 Å². The number of anilines is 1. The Hall–Kier alpha value is -2.40. The summed E-state index contributed by atoms with van der Waals surface area (Å²) in [5, 5.41) is 7.42. The zero-order valence-electron chi connectivity index (χ0n) is 10.5. The maximum absolute atomic E-state index is 5.73. The van der Waals surface area contributed by atoms with Gasteiger partial charge in [-0.25, -0.2) is 4.98 Å². The van der Waals surface area contributed by atoms with Crippen molar-refractivity contribution in [3.05, 3.63) is 59.4 Å². The van der Waals surface area contributed by atoms with Gasteiger partial charge in [-0.3, -0.25) is 0 Å². The fourth-order valence-electron chi connectivity index (χ4n) is 1.69. The largest absolute Gasteiger partial charge is 0.347 e. The number of hydrogen-bond donors (Lipinski definition) is 1. The van der Waals surface area contributed by atoms with Gasteiger partial charge >= 0.3 is 0 Å². The Balaban J connectivity index is 1.67. The predicted octanol–water partition coefficient (Wildman–Crippen LogP) is 3.40. The van der Waals surface area contributed by atoms with Crippen LogP contribution in [0.25, 0.3) is 11.5 Å². The lowest BCUT2D eigenvalue weighted by molar-refractivity contribution is 0.432. The van der Waals surface area contributed by atoms with Crippen LogP contribution >= 0.6 is 11.6 Å². The molecular weight excluding hydrogens is 276 g/mol. The molecule has 0 aliphatic heterocycles. The van der Waals surface area contributed by atoms with Crippen molar-refractivity contribution < 1.29 is 4.52 Å². The van der Waals surface area contributed by atoms with Gasteiger partial charge in [0.2, 0.25) is 0 Å². The quantitative estimate of drug-likeness (QED) is 0.745. The van der Waals surface area contributed by atoms with E-state index in [1.54, 1.807) is 12.3 Å². The number of rotatable bonds is 4. The molecule has 0 spiro atoms. The summed E-state index contributed by atoms with van der Waals surface area (Å²) in [4.78, 5) is 8.28. The Morgan fingerprint density at radius 3 is 2.70 bits per heavy atom. The van der Waals surface area contributed by atoms with Crippen LogP contribution in [0.3, 0.4) is 0 Å². The van der Waals surface area contributed by atoms with Crippen LogP contribution in [0.15, 0.2) is 53.2 Å². The normalized spacial score (nSPS) is 10.4. The van der Waals surface area contributed by atoms with Crippen LogP contribution in [0.4, 0.5) is 5.95 Å². The lowest BCUT2D eigenvalue weighted by Gasteiger charge is -2.00. The lowest BCUT2D eigenvalue weighted by atomic mass is 10.2. The Morgan fingerprint density at radius 1 is 1.10 bits per heavy atom. The fraction of sp³-hybridized carbons (Fsp3) is 0.0714. The van der Waals surface area contributed by atoms with Crippen molar-refractivity contribution in [2.75, 3.05) is 5.32 Å². The standard InChI is InChI=1S/C14H11ClN4O/c15-12-7-6-10(8-16-12)9-17-14-18-13(20-19-14)11-4-2-1-3-5-11/h1-8H,9H2,(H,17,19). The minimum absolute atomic E-state index is 0.443. The monoisotopic (exact) mass is 286 g/mol. The van der Waals surface area contributed by atoms with E-state index in [9.17, 15) is 0 Å². The number of nitrogens with one attached hydrogen (secondary N) is 1. The summed E-state index contributed by atoms with van der Waals surface area (Å²) in [6, 6.07) is 13.2. The molecule has 0 aliphatic rings. The van der Waals surface area contributed by atoms with Crippen molar-refractivity contribution in [3.63, 3.8) is 0 Å². The molecule has 5 nitrogen and oxygen atoms in total. The molecule has 1 aromatic carbocycles. The molecule has 0 fully saturated rings. The zero-order chi connectivity index (χ0) is 13.8. The summed E-state index contributed by atoms with van der Waals surface area (Å²) < 4.78 is 5.20. The van der Waals surface area contributed by atoms with Gasteiger partial charge in [0.15, 0.2) is 0 Å². The van der Waals surface area contributed by atoms with E-state index < -0.39 is 0 Å². The molecule has 6 heteroatoms. The fourth-order valence-corrected chi connectivity index (χ4v) is 1.80. The molecule has 0 saturated heterocycles. The molecule has 0 unspecified atom stereocenters. The summed E-state index contributed by atoms with van der Waals surface area (Å²) >= 11 is 5.73. The molecule has 3 rings (SSSR count). The highest BCUT2D eigenvalue weighted by Gasteiger charge is 2.07. The molecule has 0 saturated carbocycles. The van der Waals surface area contributed by atoms with Gasteiger partial charge in [0.1, 0.15) is 5.15 Å². The summed E-state index contributed by atoms with van der Waals surface area (Å²) in [6.07, 6.45) is 1.70. The number of hydrogen-bond acceptors (Lipinski definition) is 5. The minimum atomic E-state index is 0.443. The van der Waals surface area contributed by atoms with Gasteiger partial charge in [-0.05, 0) is 28.9 Å². The van der Waals surface area contributed by atoms with Crippen LogP contribution in [0, 0.1) is 0 Å². The smallest absolute Gasteiger partial charge is 0.264 e. The third-order valence-corrected chi connectivity index (χ3v) is 2.91. The Kier molecular flexibility index (Phi) is 3.60. The third-order valence-electron chi connectivity index (χ3n) is 2.69. The SMILES string of the molecule is Clc1ccc(CNc2noc(-c3ccccc3)n2)cn1. The second-order valence-electron chi connectivity index (χ2n) is 4.13. The van der Waals surface area contributed by atoms with E-state index in [0.29, 0.717) is 23.5 Å². The first-order valence-corrected chi connectivity index (χ1v) is 6.42. The van der Waals surface area contributed by atoms with Crippen molar-refractivity contribution >= 4 is 17.5 Å². The molecule has 100 valence electrons. The summed E-state index contributed by atoms with van der Waals surface area (Å²) in [6.45, 7) is 0.554. The molecule has 3 aromatic rings. The highest BCUT2D eigenvalue weighted by Crippen LogP contribution is 2.18. The van der Waals surface area contributed by atoms with Crippen molar-refractivity contribution in [1.29, 1.82) is 0 Å². The Labute approximate surface area is 120 Å². The van der Waals surface area contributed by atoms with E-state index in [2.05, 4.69) is 20.4 Å². The number of nitrogens with zero attached hydrogens (tertiary/aromatic N) is 3. The highest BCUT2D eigenvalue weighted by molar-refractivity contribution is 6.29. The van der Waals surface area contributed by atoms with Crippen molar-refractivity contribution in [1.82, 2.24) is 15.1 Å². The summed E-state index contributed by atoms with van der Waals surface area (Å²) in [5.74, 6) is 0.932. The van der Waals surface area contributed by atoms with E-state index in [1.165, 1.54) is 0 Å². The van der Waals surface area contributed by atoms with Crippen LogP contribution in [0.5, 0.6) is 0 Å². The van der Waals surface area contributed by atoms with Gasteiger partial charge in [0.25, 0.3) is 11.8 Å². The predicted molar refractivity (Wildman–Crippen MR) is 76.3 cm³/mol. The third kappa shape index (κ3) is 2.95. The molecular formula is C14H11ClN4O. The van der Waals surface area contributed by atoms with Crippen LogP contribution in [0.1, 0.15) is 5.56 Å². The lowest BCUT2D eigenvalue weighted by Crippen LogP contribution is -2.01. The van der Waals surface area contributed by atoms with E-state index in [4.69, 9.17) is 16.1 Å². The molecule has 0 atom stereocenters. The highest BCUT2D eigenvalue weighted by atomic mass is 35.5. The number of benzene rings is 1. The maximum Gasteiger partial charge on any atom is 0.264 e. The Bertz CT molecular complexity index is 682. The van der Waals surface area contributed by atoms with Crippen LogP contribution in [0.2, 0.25) is 5.15 Å². The van der Waals surface area contributed by atoms with Crippen molar-refractivity contribution in [2.45, 2.75) is 6.54 Å². The number of pyridine rings is 1. The molecule has 2 heterocycles. The van der Waals surface area contributed by atoms with Crippen LogP contribution in [-0.2, 0) is 6.54 Å². The maximum atomic E-state index is 5.73. The van der Waals surface area contributed by atoms with Gasteiger partial charge in [-0.1, -0.05) is 35.9 Å². The zero-order valence-corrected chi connectivity index (χ0v) is 11.2. The second kappa shape index (κ2) is 5.71. The molecule has 0 bridgehead atoms. The molecule has 0 radical (unpaired) electrons. The topological polar surface area (TPSA) is 63.8 Å². The summed E-state index contributed by atoms with van der Waals surface area (Å²) in [7, 11) is 0. The Morgan fingerprint density at radius 2 is 1.95 bits per heavy atom. The summed E-state index contributed by atoms with van der Waals surface area (Å²) in [5.41, 5.74) is 1.88. The van der Waals surface area contributed by atoms with Gasteiger partial charge < -0.3 is 9.84 Å². The van der Waals surface area contributed by atoms with Crippen molar-refractivity contribution in [3.8, 4) is 11.5 Å². The van der Waals surface area contributed by atoms with Crippen molar-refractivity contribution in [2.24, 2.45) is 0 Å². The first-order chi connectivity index (χ1) is 9.81.